The molecule has 1 amide bonds. The minimum absolute atomic E-state index is 0.179. The van der Waals surface area contributed by atoms with Gasteiger partial charge in [-0.05, 0) is 11.6 Å². The quantitative estimate of drug-likeness (QED) is 0.550. The number of hydrogen-bond acceptors (Lipinski definition) is 3. The predicted octanol–water partition coefficient (Wildman–Crippen LogP) is 0.0178. The number of rotatable bonds is 1. The van der Waals surface area contributed by atoms with Gasteiger partial charge < -0.3 is 0 Å². The number of nitrogens with one attached hydrogen (secondary N) is 1. The van der Waals surface area contributed by atoms with Gasteiger partial charge in [0.05, 0.1) is 0 Å². The second-order valence-corrected chi connectivity index (χ2v) is 2.21. The first-order valence-corrected chi connectivity index (χ1v) is 3.13. The molecule has 1 N–H and O–H groups in total. The summed E-state index contributed by atoms with van der Waals surface area (Å²) in [6.07, 6.45) is 0.630. The van der Waals surface area contributed by atoms with Crippen LogP contribution in [0.15, 0.2) is 5.10 Å². The molecule has 0 spiro atoms. The van der Waals surface area contributed by atoms with Gasteiger partial charge in [0, 0.05) is 12.8 Å². The van der Waals surface area contributed by atoms with Crippen LogP contribution in [0.3, 0.4) is 0 Å². The van der Waals surface area contributed by atoms with Crippen molar-refractivity contribution in [3.8, 4) is 0 Å². The minimum atomic E-state index is -0.597. The fourth-order valence-corrected chi connectivity index (χ4v) is 0.753. The molecule has 0 unspecified atom stereocenters. The van der Waals surface area contributed by atoms with E-state index in [2.05, 4.69) is 10.5 Å². The van der Waals surface area contributed by atoms with E-state index < -0.39 is 5.24 Å². The van der Waals surface area contributed by atoms with Crippen LogP contribution in [0, 0.1) is 0 Å². The van der Waals surface area contributed by atoms with Crippen molar-refractivity contribution in [1.29, 1.82) is 0 Å². The van der Waals surface area contributed by atoms with Crippen molar-refractivity contribution < 1.29 is 9.59 Å². The Bertz CT molecular complexity index is 212. The van der Waals surface area contributed by atoms with Crippen LogP contribution in [0.2, 0.25) is 0 Å². The second kappa shape index (κ2) is 2.79. The lowest BCUT2D eigenvalue weighted by molar-refractivity contribution is -0.121. The third-order valence-electron chi connectivity index (χ3n) is 1.13. The lowest BCUT2D eigenvalue weighted by Gasteiger charge is -2.06. The summed E-state index contributed by atoms with van der Waals surface area (Å²) in [6.45, 7) is 0. The summed E-state index contributed by atoms with van der Waals surface area (Å²) in [5.41, 5.74) is 2.38. The molecule has 4 nitrogen and oxygen atoms in total. The normalized spacial score (nSPS) is 17.7. The Labute approximate surface area is 62.2 Å². The van der Waals surface area contributed by atoms with Gasteiger partial charge in [0.2, 0.25) is 5.91 Å². The van der Waals surface area contributed by atoms with Gasteiger partial charge in [-0.1, -0.05) is 0 Å². The number of halogens is 1. The van der Waals surface area contributed by atoms with Gasteiger partial charge in [0.15, 0.2) is 0 Å². The van der Waals surface area contributed by atoms with E-state index in [0.29, 0.717) is 6.42 Å². The Balaban J connectivity index is 2.65. The zero-order chi connectivity index (χ0) is 7.56. The molecule has 0 fully saturated rings. The first kappa shape index (κ1) is 7.21. The summed E-state index contributed by atoms with van der Waals surface area (Å²) < 4.78 is 0. The fraction of sp³-hybridized carbons (Fsp3) is 0.400. The van der Waals surface area contributed by atoms with Gasteiger partial charge in [-0.3, -0.25) is 9.59 Å². The van der Waals surface area contributed by atoms with Crippen LogP contribution in [-0.4, -0.2) is 16.9 Å². The van der Waals surface area contributed by atoms with Gasteiger partial charge in [-0.25, -0.2) is 5.43 Å². The molecule has 0 aromatic carbocycles. The van der Waals surface area contributed by atoms with Crippen molar-refractivity contribution in [2.45, 2.75) is 12.8 Å². The molecule has 10 heavy (non-hydrogen) atoms. The minimum Gasteiger partial charge on any atom is -0.274 e. The van der Waals surface area contributed by atoms with E-state index in [9.17, 15) is 9.59 Å². The Hall–Kier alpha value is -0.900. The first-order chi connectivity index (χ1) is 4.70. The highest BCUT2D eigenvalue weighted by Gasteiger charge is 2.15. The van der Waals surface area contributed by atoms with E-state index in [1.807, 2.05) is 0 Å². The summed E-state index contributed by atoms with van der Waals surface area (Å²) in [4.78, 5) is 20.8. The molecule has 1 aliphatic heterocycles. The molecule has 5 heteroatoms. The van der Waals surface area contributed by atoms with Crippen molar-refractivity contribution in [3.63, 3.8) is 0 Å². The molecule has 0 atom stereocenters. The number of nitrogens with zero attached hydrogens (tertiary/aromatic N) is 1. The molecule has 0 radical (unpaired) electrons. The Morgan fingerprint density at radius 3 is 2.70 bits per heavy atom. The van der Waals surface area contributed by atoms with Gasteiger partial charge in [-0.2, -0.15) is 5.10 Å². The Morgan fingerprint density at radius 2 is 2.30 bits per heavy atom. The monoisotopic (exact) mass is 160 g/mol. The van der Waals surface area contributed by atoms with Crippen LogP contribution < -0.4 is 5.43 Å². The van der Waals surface area contributed by atoms with Crippen molar-refractivity contribution in [2.24, 2.45) is 5.10 Å². The van der Waals surface area contributed by atoms with Crippen LogP contribution in [0.25, 0.3) is 0 Å². The second-order valence-electron chi connectivity index (χ2n) is 1.87. The Kier molecular flexibility index (Phi) is 2.01. The summed E-state index contributed by atoms with van der Waals surface area (Å²) in [6, 6.07) is 0. The molecular formula is C5H5ClN2O2. The maximum Gasteiger partial charge on any atom is 0.268 e. The van der Waals surface area contributed by atoms with Crippen molar-refractivity contribution in [2.75, 3.05) is 0 Å². The number of hydrazone groups is 1. The molecule has 0 saturated carbocycles. The number of carbonyl (C=O) groups excluding carboxylic acids is 2. The highest BCUT2D eigenvalue weighted by molar-refractivity contribution is 6.82. The number of amides is 1. The summed E-state index contributed by atoms with van der Waals surface area (Å²) in [5.74, 6) is -0.179. The van der Waals surface area contributed by atoms with Gasteiger partial charge >= 0.3 is 0 Å². The van der Waals surface area contributed by atoms with E-state index >= 15 is 0 Å². The molecule has 0 aliphatic carbocycles. The van der Waals surface area contributed by atoms with Gasteiger partial charge in [0.25, 0.3) is 5.24 Å². The van der Waals surface area contributed by atoms with E-state index in [1.165, 1.54) is 0 Å². The van der Waals surface area contributed by atoms with Crippen molar-refractivity contribution in [3.05, 3.63) is 0 Å². The van der Waals surface area contributed by atoms with E-state index in [-0.39, 0.29) is 18.0 Å². The van der Waals surface area contributed by atoms with Gasteiger partial charge in [0.1, 0.15) is 5.71 Å². The lowest BCUT2D eigenvalue weighted by atomic mass is 10.2. The summed E-state index contributed by atoms with van der Waals surface area (Å²) in [7, 11) is 0. The molecule has 0 bridgehead atoms. The van der Waals surface area contributed by atoms with Crippen molar-refractivity contribution in [1.82, 2.24) is 5.43 Å². The molecule has 0 aromatic heterocycles. The standard InChI is InChI=1S/C5H5ClN2O2/c6-5(10)3-1-2-4(9)8-7-3/h1-2H2,(H,8,9). The average Bonchev–Trinajstić information content (AvgIpc) is 1.88. The van der Waals surface area contributed by atoms with Crippen molar-refractivity contribution >= 4 is 28.5 Å². The number of carbonyl (C=O) groups is 2. The molecule has 1 aliphatic rings. The molecule has 0 saturated heterocycles. The topological polar surface area (TPSA) is 58.5 Å². The third-order valence-corrected chi connectivity index (χ3v) is 1.35. The van der Waals surface area contributed by atoms with Crippen LogP contribution >= 0.6 is 11.6 Å². The first-order valence-electron chi connectivity index (χ1n) is 2.75. The van der Waals surface area contributed by atoms with Crippen LogP contribution in [-0.2, 0) is 9.59 Å². The zero-order valence-electron chi connectivity index (χ0n) is 5.06. The average molecular weight is 161 g/mol. The van der Waals surface area contributed by atoms with E-state index in [4.69, 9.17) is 11.6 Å². The molecule has 54 valence electrons. The maximum atomic E-state index is 10.5. The van der Waals surface area contributed by atoms with Crippen LogP contribution in [0.4, 0.5) is 0 Å². The third kappa shape index (κ3) is 1.54. The summed E-state index contributed by atoms with van der Waals surface area (Å²) in [5, 5.41) is 2.85. The highest BCUT2D eigenvalue weighted by Crippen LogP contribution is 2.01. The lowest BCUT2D eigenvalue weighted by Crippen LogP contribution is -2.27. The van der Waals surface area contributed by atoms with E-state index in [1.54, 1.807) is 0 Å². The highest BCUT2D eigenvalue weighted by atomic mass is 35.5. The van der Waals surface area contributed by atoms with Crippen LogP contribution in [0.1, 0.15) is 12.8 Å². The van der Waals surface area contributed by atoms with Crippen LogP contribution in [0.5, 0.6) is 0 Å². The maximum absolute atomic E-state index is 10.5. The van der Waals surface area contributed by atoms with Gasteiger partial charge in [-0.15, -0.1) is 0 Å². The zero-order valence-corrected chi connectivity index (χ0v) is 5.81. The fourth-order valence-electron chi connectivity index (χ4n) is 0.616. The molecule has 0 aromatic rings. The smallest absolute Gasteiger partial charge is 0.268 e. The number of hydrogen-bond donors (Lipinski definition) is 1. The molecule has 1 heterocycles. The summed E-state index contributed by atoms with van der Waals surface area (Å²) >= 11 is 5.08. The van der Waals surface area contributed by atoms with E-state index in [0.717, 1.165) is 0 Å². The largest absolute Gasteiger partial charge is 0.274 e. The predicted molar refractivity (Wildman–Crippen MR) is 35.7 cm³/mol. The Morgan fingerprint density at radius 1 is 1.60 bits per heavy atom. The molecular weight excluding hydrogens is 156 g/mol. The molecule has 1 rings (SSSR count). The SMILES string of the molecule is O=C1CCC(C(=O)Cl)=NN1.